The first-order chi connectivity index (χ1) is 12.9. The van der Waals surface area contributed by atoms with E-state index in [2.05, 4.69) is 5.32 Å². The molecule has 1 aliphatic heterocycles. The molecule has 2 aromatic rings. The molecule has 0 spiro atoms. The zero-order valence-corrected chi connectivity index (χ0v) is 15.1. The predicted octanol–water partition coefficient (Wildman–Crippen LogP) is 4.37. The summed E-state index contributed by atoms with van der Waals surface area (Å²) in [7, 11) is 0. The maximum absolute atomic E-state index is 13.0. The van der Waals surface area contributed by atoms with Crippen molar-refractivity contribution in [1.29, 1.82) is 0 Å². The minimum absolute atomic E-state index is 0.0464. The normalized spacial score (nSPS) is 16.7. The third kappa shape index (κ3) is 4.80. The molecule has 1 aliphatic rings. The van der Waals surface area contributed by atoms with Crippen LogP contribution in [-0.4, -0.2) is 37.1 Å². The highest BCUT2D eigenvalue weighted by molar-refractivity contribution is 6.33. The summed E-state index contributed by atoms with van der Waals surface area (Å²) in [6, 6.07) is 11.3. The van der Waals surface area contributed by atoms with Crippen LogP contribution >= 0.6 is 11.6 Å². The number of anilines is 1. The van der Waals surface area contributed by atoms with Crippen LogP contribution in [0.25, 0.3) is 0 Å². The number of ether oxygens (including phenoxy) is 1. The molecule has 1 atom stereocenters. The number of rotatable bonds is 4. The molecule has 1 N–H and O–H groups in total. The van der Waals surface area contributed by atoms with Crippen LogP contribution in [0.4, 0.5) is 18.9 Å². The molecule has 0 aliphatic carbocycles. The molecule has 3 rings (SSSR count). The van der Waals surface area contributed by atoms with Gasteiger partial charge in [0.25, 0.3) is 0 Å². The molecule has 2 aromatic carbocycles. The monoisotopic (exact) mass is 398 g/mol. The van der Waals surface area contributed by atoms with Crippen molar-refractivity contribution in [2.24, 2.45) is 0 Å². The van der Waals surface area contributed by atoms with Crippen LogP contribution in [0.5, 0.6) is 0 Å². The molecule has 0 radical (unpaired) electrons. The Labute approximate surface area is 159 Å². The minimum atomic E-state index is -4.52. The number of alkyl halides is 3. The number of nitrogens with zero attached hydrogens (tertiary/aromatic N) is 1. The van der Waals surface area contributed by atoms with Gasteiger partial charge in [0, 0.05) is 13.1 Å². The van der Waals surface area contributed by atoms with Gasteiger partial charge in [-0.05, 0) is 23.8 Å². The van der Waals surface area contributed by atoms with Crippen molar-refractivity contribution in [1.82, 2.24) is 4.90 Å². The Hall–Kier alpha value is -2.09. The Morgan fingerprint density at radius 1 is 1.11 bits per heavy atom. The van der Waals surface area contributed by atoms with Crippen LogP contribution in [0.3, 0.4) is 0 Å². The van der Waals surface area contributed by atoms with Crippen molar-refractivity contribution in [3.05, 3.63) is 64.7 Å². The SMILES string of the molecule is O=C(Nc1cc(C(F)(F)F)ccc1Cl)[C@H](c1ccccc1)N1CCOCC1. The lowest BCUT2D eigenvalue weighted by molar-refractivity contribution is -0.137. The van der Waals surface area contributed by atoms with Gasteiger partial charge >= 0.3 is 6.18 Å². The van der Waals surface area contributed by atoms with E-state index in [0.717, 1.165) is 23.8 Å². The van der Waals surface area contributed by atoms with Crippen LogP contribution in [-0.2, 0) is 15.7 Å². The summed E-state index contributed by atoms with van der Waals surface area (Å²) in [4.78, 5) is 14.9. The van der Waals surface area contributed by atoms with Gasteiger partial charge in [-0.3, -0.25) is 9.69 Å². The minimum Gasteiger partial charge on any atom is -0.379 e. The van der Waals surface area contributed by atoms with Gasteiger partial charge < -0.3 is 10.1 Å². The van der Waals surface area contributed by atoms with E-state index in [4.69, 9.17) is 16.3 Å². The van der Waals surface area contributed by atoms with Crippen LogP contribution in [0.2, 0.25) is 5.02 Å². The predicted molar refractivity (Wildman–Crippen MR) is 96.7 cm³/mol. The van der Waals surface area contributed by atoms with Gasteiger partial charge in [-0.1, -0.05) is 41.9 Å². The van der Waals surface area contributed by atoms with Crippen LogP contribution in [0, 0.1) is 0 Å². The van der Waals surface area contributed by atoms with Gasteiger partial charge in [-0.25, -0.2) is 0 Å². The van der Waals surface area contributed by atoms with Crippen molar-refractivity contribution in [3.8, 4) is 0 Å². The first-order valence-corrected chi connectivity index (χ1v) is 8.78. The van der Waals surface area contributed by atoms with Gasteiger partial charge in [-0.2, -0.15) is 13.2 Å². The molecule has 144 valence electrons. The van der Waals surface area contributed by atoms with Crippen molar-refractivity contribution in [3.63, 3.8) is 0 Å². The van der Waals surface area contributed by atoms with Gasteiger partial charge in [0.1, 0.15) is 6.04 Å². The fourth-order valence-electron chi connectivity index (χ4n) is 3.00. The van der Waals surface area contributed by atoms with Crippen LogP contribution in [0.15, 0.2) is 48.5 Å². The molecule has 27 heavy (non-hydrogen) atoms. The van der Waals surface area contributed by atoms with E-state index < -0.39 is 23.7 Å². The van der Waals surface area contributed by atoms with Gasteiger partial charge in [0.15, 0.2) is 0 Å². The summed E-state index contributed by atoms with van der Waals surface area (Å²) in [6.07, 6.45) is -4.52. The number of hydrogen-bond donors (Lipinski definition) is 1. The fourth-order valence-corrected chi connectivity index (χ4v) is 3.16. The summed E-state index contributed by atoms with van der Waals surface area (Å²) in [5.41, 5.74) is -0.185. The first-order valence-electron chi connectivity index (χ1n) is 8.40. The third-order valence-electron chi connectivity index (χ3n) is 4.33. The van der Waals surface area contributed by atoms with Gasteiger partial charge in [0.05, 0.1) is 29.5 Å². The van der Waals surface area contributed by atoms with E-state index in [1.807, 2.05) is 35.2 Å². The van der Waals surface area contributed by atoms with Gasteiger partial charge in [0.2, 0.25) is 5.91 Å². The Bertz CT molecular complexity index is 793. The lowest BCUT2D eigenvalue weighted by Gasteiger charge is -2.33. The standard InChI is InChI=1S/C19H18ClF3N2O2/c20-15-7-6-14(19(21,22)23)12-16(15)24-18(26)17(13-4-2-1-3-5-13)25-8-10-27-11-9-25/h1-7,12,17H,8-11H2,(H,24,26)/t17-/m0/s1. The number of halogens is 4. The number of hydrogen-bond acceptors (Lipinski definition) is 3. The Kier molecular flexibility index (Phi) is 6.04. The molecule has 1 amide bonds. The zero-order chi connectivity index (χ0) is 19.4. The average Bonchev–Trinajstić information content (AvgIpc) is 2.64. The van der Waals surface area contributed by atoms with E-state index in [-0.39, 0.29) is 10.7 Å². The molecule has 0 unspecified atom stereocenters. The highest BCUT2D eigenvalue weighted by atomic mass is 35.5. The summed E-state index contributed by atoms with van der Waals surface area (Å²) >= 11 is 6.01. The Morgan fingerprint density at radius 2 is 1.78 bits per heavy atom. The highest BCUT2D eigenvalue weighted by Gasteiger charge is 2.32. The van der Waals surface area contributed by atoms with E-state index in [1.54, 1.807) is 0 Å². The molecule has 0 saturated carbocycles. The van der Waals surface area contributed by atoms with Crippen molar-refractivity contribution >= 4 is 23.2 Å². The fraction of sp³-hybridized carbons (Fsp3) is 0.316. The summed E-state index contributed by atoms with van der Waals surface area (Å²) in [6.45, 7) is 2.06. The molecule has 0 aromatic heterocycles. The third-order valence-corrected chi connectivity index (χ3v) is 4.66. The van der Waals surface area contributed by atoms with E-state index in [9.17, 15) is 18.0 Å². The Morgan fingerprint density at radius 3 is 2.41 bits per heavy atom. The van der Waals surface area contributed by atoms with E-state index in [1.165, 1.54) is 0 Å². The molecule has 8 heteroatoms. The van der Waals surface area contributed by atoms with E-state index in [0.29, 0.717) is 26.3 Å². The first kappa shape index (κ1) is 19.7. The summed E-state index contributed by atoms with van der Waals surface area (Å²) < 4.78 is 44.3. The molecule has 1 heterocycles. The molecule has 1 fully saturated rings. The van der Waals surface area contributed by atoms with Crippen molar-refractivity contribution in [2.75, 3.05) is 31.6 Å². The second-order valence-corrected chi connectivity index (χ2v) is 6.55. The lowest BCUT2D eigenvalue weighted by atomic mass is 10.0. The molecule has 0 bridgehead atoms. The van der Waals surface area contributed by atoms with Gasteiger partial charge in [-0.15, -0.1) is 0 Å². The second kappa shape index (κ2) is 8.29. The lowest BCUT2D eigenvalue weighted by Crippen LogP contribution is -2.43. The highest BCUT2D eigenvalue weighted by Crippen LogP contribution is 2.34. The number of amides is 1. The number of carbonyl (C=O) groups excluding carboxylic acids is 1. The Balaban J connectivity index is 1.89. The van der Waals surface area contributed by atoms with Crippen LogP contribution in [0.1, 0.15) is 17.2 Å². The maximum Gasteiger partial charge on any atom is 0.416 e. The molecule has 4 nitrogen and oxygen atoms in total. The molecule has 1 saturated heterocycles. The number of benzene rings is 2. The number of nitrogens with one attached hydrogen (secondary N) is 1. The smallest absolute Gasteiger partial charge is 0.379 e. The largest absolute Gasteiger partial charge is 0.416 e. The van der Waals surface area contributed by atoms with Crippen LogP contribution < -0.4 is 5.32 Å². The average molecular weight is 399 g/mol. The topological polar surface area (TPSA) is 41.6 Å². The number of morpholine rings is 1. The summed E-state index contributed by atoms with van der Waals surface area (Å²) in [5, 5.41) is 2.61. The zero-order valence-electron chi connectivity index (χ0n) is 14.3. The quantitative estimate of drug-likeness (QED) is 0.831. The number of carbonyl (C=O) groups is 1. The maximum atomic E-state index is 13.0. The molecular weight excluding hydrogens is 381 g/mol. The van der Waals surface area contributed by atoms with Crippen molar-refractivity contribution < 1.29 is 22.7 Å². The second-order valence-electron chi connectivity index (χ2n) is 6.14. The molecular formula is C19H18ClF3N2O2. The van der Waals surface area contributed by atoms with E-state index >= 15 is 0 Å². The summed E-state index contributed by atoms with van der Waals surface area (Å²) in [5.74, 6) is -0.440. The van der Waals surface area contributed by atoms with Crippen molar-refractivity contribution in [2.45, 2.75) is 12.2 Å².